The van der Waals surface area contributed by atoms with E-state index in [1.54, 1.807) is 53.3 Å². The maximum Gasteiger partial charge on any atom is 0.253 e. The molecule has 3 heterocycles. The Labute approximate surface area is 252 Å². The third-order valence-corrected chi connectivity index (χ3v) is 9.56. The van der Waals surface area contributed by atoms with Crippen molar-refractivity contribution in [2.24, 2.45) is 11.8 Å². The van der Waals surface area contributed by atoms with Crippen LogP contribution in [-0.2, 0) is 19.1 Å². The summed E-state index contributed by atoms with van der Waals surface area (Å²) < 4.78 is 6.92. The van der Waals surface area contributed by atoms with Gasteiger partial charge in [0.1, 0.15) is 11.6 Å². The van der Waals surface area contributed by atoms with Gasteiger partial charge >= 0.3 is 0 Å². The van der Waals surface area contributed by atoms with Crippen LogP contribution in [-0.4, -0.2) is 76.6 Å². The Balaban J connectivity index is 1.68. The molecule has 3 fully saturated rings. The predicted molar refractivity (Wildman–Crippen MR) is 162 cm³/mol. The molecule has 2 aromatic rings. The quantitative estimate of drug-likeness (QED) is 0.392. The smallest absolute Gasteiger partial charge is 0.253 e. The molecule has 9 heteroatoms. The fraction of sp³-hybridized carbons (Fsp3) is 0.424. The van der Waals surface area contributed by atoms with Crippen LogP contribution in [0.4, 0.5) is 5.69 Å². The number of nitrogens with zero attached hydrogens (tertiary/aromatic N) is 3. The first-order valence-corrected chi connectivity index (χ1v) is 14.8. The average Bonchev–Trinajstić information content (AvgIpc) is 3.61. The van der Waals surface area contributed by atoms with Crippen LogP contribution in [0.25, 0.3) is 0 Å². The summed E-state index contributed by atoms with van der Waals surface area (Å²) in [5.74, 6) is -2.57. The number of likely N-dealkylation sites (N-methyl/N-ethyl adjacent to an activating group) is 1. The molecule has 6 atom stereocenters. The second-order valence-corrected chi connectivity index (χ2v) is 11.8. The topological polar surface area (TPSA) is 90.4 Å². The highest BCUT2D eigenvalue weighted by atomic mass is 35.5. The SMILES string of the molecule is C=CCN(C)C(=O)[C@H]1[C@H]2C(=O)N([C@H](CO)c3ccccc3)C(C(=O)N(CC=C)c3ccc(Cl)cc3)C23CC[C@]1(CC)O3. The molecule has 222 valence electrons. The van der Waals surface area contributed by atoms with Gasteiger partial charge in [-0.15, -0.1) is 13.2 Å². The number of amides is 3. The van der Waals surface area contributed by atoms with Crippen molar-refractivity contribution in [3.63, 3.8) is 0 Å². The number of benzene rings is 2. The summed E-state index contributed by atoms with van der Waals surface area (Å²) in [6, 6.07) is 14.2. The van der Waals surface area contributed by atoms with Crippen molar-refractivity contribution >= 4 is 35.0 Å². The molecular weight excluding hydrogens is 554 g/mol. The number of carbonyl (C=O) groups excluding carboxylic acids is 3. The van der Waals surface area contributed by atoms with Gasteiger partial charge in [0.05, 0.1) is 30.1 Å². The van der Waals surface area contributed by atoms with Crippen LogP contribution in [0.2, 0.25) is 5.02 Å². The molecule has 3 aliphatic rings. The Bertz CT molecular complexity index is 1370. The van der Waals surface area contributed by atoms with Crippen LogP contribution in [0.5, 0.6) is 0 Å². The molecule has 0 radical (unpaired) electrons. The van der Waals surface area contributed by atoms with Crippen LogP contribution in [0.1, 0.15) is 37.8 Å². The van der Waals surface area contributed by atoms with E-state index in [9.17, 15) is 19.5 Å². The summed E-state index contributed by atoms with van der Waals surface area (Å²) >= 11 is 6.15. The molecule has 2 unspecified atom stereocenters. The van der Waals surface area contributed by atoms with Crippen LogP contribution in [0.3, 0.4) is 0 Å². The number of fused-ring (bicyclic) bond motifs is 1. The molecule has 0 saturated carbocycles. The van der Waals surface area contributed by atoms with Gasteiger partial charge in [-0.2, -0.15) is 0 Å². The number of hydrogen-bond acceptors (Lipinski definition) is 5. The zero-order chi connectivity index (χ0) is 30.2. The van der Waals surface area contributed by atoms with Crippen LogP contribution in [0, 0.1) is 11.8 Å². The van der Waals surface area contributed by atoms with Crippen molar-refractivity contribution in [2.75, 3.05) is 31.6 Å². The normalized spacial score (nSPS) is 28.3. The van der Waals surface area contributed by atoms with Gasteiger partial charge in [0.15, 0.2) is 0 Å². The van der Waals surface area contributed by atoms with Gasteiger partial charge < -0.3 is 24.5 Å². The Morgan fingerprint density at radius 3 is 2.36 bits per heavy atom. The average molecular weight is 592 g/mol. The summed E-state index contributed by atoms with van der Waals surface area (Å²) in [5, 5.41) is 11.3. The number of likely N-dealkylation sites (tertiary alicyclic amines) is 1. The Morgan fingerprint density at radius 2 is 1.76 bits per heavy atom. The van der Waals surface area contributed by atoms with Gasteiger partial charge in [0.25, 0.3) is 5.91 Å². The number of aliphatic hydroxyl groups is 1. The number of halogens is 1. The molecule has 1 N–H and O–H groups in total. The van der Waals surface area contributed by atoms with E-state index in [1.807, 2.05) is 37.3 Å². The van der Waals surface area contributed by atoms with E-state index in [2.05, 4.69) is 13.2 Å². The molecule has 2 bridgehead atoms. The first kappa shape index (κ1) is 30.0. The van der Waals surface area contributed by atoms with Gasteiger partial charge in [-0.05, 0) is 49.1 Å². The maximum atomic E-state index is 14.8. The van der Waals surface area contributed by atoms with Gasteiger partial charge in [0.2, 0.25) is 11.8 Å². The largest absolute Gasteiger partial charge is 0.394 e. The molecule has 5 rings (SSSR count). The van der Waals surface area contributed by atoms with E-state index < -0.39 is 41.7 Å². The van der Waals surface area contributed by atoms with Crippen molar-refractivity contribution in [3.8, 4) is 0 Å². The zero-order valence-corrected chi connectivity index (χ0v) is 24.9. The minimum atomic E-state index is -1.24. The lowest BCUT2D eigenvalue weighted by Gasteiger charge is -2.39. The van der Waals surface area contributed by atoms with Crippen LogP contribution < -0.4 is 4.90 Å². The number of aliphatic hydroxyl groups excluding tert-OH is 1. The summed E-state index contributed by atoms with van der Waals surface area (Å²) in [6.07, 6.45) is 4.77. The second kappa shape index (κ2) is 11.7. The minimum Gasteiger partial charge on any atom is -0.394 e. The molecule has 42 heavy (non-hydrogen) atoms. The monoisotopic (exact) mass is 591 g/mol. The van der Waals surface area contributed by atoms with Crippen molar-refractivity contribution in [1.82, 2.24) is 9.80 Å². The first-order chi connectivity index (χ1) is 20.2. The fourth-order valence-electron chi connectivity index (χ4n) is 7.42. The van der Waals surface area contributed by atoms with Gasteiger partial charge in [-0.3, -0.25) is 14.4 Å². The highest BCUT2D eigenvalue weighted by Gasteiger charge is 2.79. The van der Waals surface area contributed by atoms with Gasteiger partial charge in [-0.25, -0.2) is 0 Å². The Morgan fingerprint density at radius 1 is 1.10 bits per heavy atom. The highest BCUT2D eigenvalue weighted by molar-refractivity contribution is 6.30. The third-order valence-electron chi connectivity index (χ3n) is 9.31. The summed E-state index contributed by atoms with van der Waals surface area (Å²) in [7, 11) is 1.69. The Hall–Kier alpha value is -3.46. The zero-order valence-electron chi connectivity index (χ0n) is 24.1. The molecule has 3 aliphatic heterocycles. The lowest BCUT2D eigenvalue weighted by Crippen LogP contribution is -2.57. The van der Waals surface area contributed by atoms with Gasteiger partial charge in [0, 0.05) is 30.8 Å². The standard InChI is InChI=1S/C33H38ClN3O5/c1-5-19-35(4)29(39)26-27-30(40)37(25(21-38)22-11-9-8-10-12-22)28(33(27)18-17-32(26,7-3)42-33)31(41)36(20-6-2)24-15-13-23(34)14-16-24/h5-6,8-16,25-28,38H,1-2,7,17-21H2,3-4H3/t25-,26-,27+,28?,32+,33?/m1/s1. The van der Waals surface area contributed by atoms with Crippen molar-refractivity contribution in [2.45, 2.75) is 49.5 Å². The third kappa shape index (κ3) is 4.57. The molecular formula is C33H38ClN3O5. The predicted octanol–water partition coefficient (Wildman–Crippen LogP) is 4.39. The van der Waals surface area contributed by atoms with E-state index in [4.69, 9.17) is 16.3 Å². The number of anilines is 1. The van der Waals surface area contributed by atoms with E-state index in [0.717, 1.165) is 0 Å². The summed E-state index contributed by atoms with van der Waals surface area (Å²) in [6.45, 7) is 9.69. The summed E-state index contributed by atoms with van der Waals surface area (Å²) in [4.78, 5) is 48.2. The van der Waals surface area contributed by atoms with Crippen molar-refractivity contribution < 1.29 is 24.2 Å². The number of carbonyl (C=O) groups is 3. The van der Waals surface area contributed by atoms with Crippen molar-refractivity contribution in [3.05, 3.63) is 90.5 Å². The Kier molecular flexibility index (Phi) is 8.34. The summed E-state index contributed by atoms with van der Waals surface area (Å²) in [5.41, 5.74) is -0.834. The number of hydrogen-bond donors (Lipinski definition) is 1. The first-order valence-electron chi connectivity index (χ1n) is 14.4. The van der Waals surface area contributed by atoms with E-state index in [0.29, 0.717) is 42.1 Å². The van der Waals surface area contributed by atoms with E-state index in [-0.39, 0.29) is 24.3 Å². The van der Waals surface area contributed by atoms with Crippen LogP contribution >= 0.6 is 11.6 Å². The molecule has 0 aromatic heterocycles. The molecule has 1 spiro atoms. The number of rotatable bonds is 11. The lowest BCUT2D eigenvalue weighted by molar-refractivity contribution is -0.153. The highest BCUT2D eigenvalue weighted by Crippen LogP contribution is 2.65. The van der Waals surface area contributed by atoms with Crippen LogP contribution in [0.15, 0.2) is 79.9 Å². The maximum absolute atomic E-state index is 14.8. The van der Waals surface area contributed by atoms with E-state index >= 15 is 0 Å². The molecule has 3 saturated heterocycles. The lowest BCUT2D eigenvalue weighted by atomic mass is 9.64. The molecule has 3 amide bonds. The minimum absolute atomic E-state index is 0.179. The van der Waals surface area contributed by atoms with Crippen molar-refractivity contribution in [1.29, 1.82) is 0 Å². The van der Waals surface area contributed by atoms with E-state index in [1.165, 1.54) is 4.90 Å². The van der Waals surface area contributed by atoms with Gasteiger partial charge in [-0.1, -0.05) is 61.0 Å². The molecule has 8 nitrogen and oxygen atoms in total. The molecule has 2 aromatic carbocycles. The fourth-order valence-corrected chi connectivity index (χ4v) is 7.54. The second-order valence-electron chi connectivity index (χ2n) is 11.4. The molecule has 0 aliphatic carbocycles. The number of ether oxygens (including phenoxy) is 1.